The maximum atomic E-state index is 6.42. The number of nitrogens with one attached hydrogen (secondary N) is 1. The van der Waals surface area contributed by atoms with Crippen molar-refractivity contribution in [1.29, 1.82) is 0 Å². The van der Waals surface area contributed by atoms with Crippen LogP contribution in [0.4, 0.5) is 0 Å². The summed E-state index contributed by atoms with van der Waals surface area (Å²) in [5.41, 5.74) is 1.17. The van der Waals surface area contributed by atoms with Gasteiger partial charge in [-0.2, -0.15) is 0 Å². The fraction of sp³-hybridized carbons (Fsp3) is 0.750. The van der Waals surface area contributed by atoms with Gasteiger partial charge in [0.25, 0.3) is 0 Å². The molecule has 0 radical (unpaired) electrons. The summed E-state index contributed by atoms with van der Waals surface area (Å²) < 4.78 is 2.24. The van der Waals surface area contributed by atoms with Crippen molar-refractivity contribution in [3.8, 4) is 0 Å². The molecular formula is C12H18ClN3. The lowest BCUT2D eigenvalue weighted by Gasteiger charge is -2.23. The predicted molar refractivity (Wildman–Crippen MR) is 64.9 cm³/mol. The molecule has 4 heteroatoms. The highest BCUT2D eigenvalue weighted by atomic mass is 35.5. The molecule has 1 fully saturated rings. The van der Waals surface area contributed by atoms with Crippen LogP contribution in [0.3, 0.4) is 0 Å². The minimum Gasteiger partial charge on any atom is -0.319 e. The minimum atomic E-state index is 0.661. The first-order chi connectivity index (χ1) is 7.79. The molecule has 1 N–H and O–H groups in total. The molecule has 1 aliphatic heterocycles. The number of nitrogens with zero attached hydrogens (tertiary/aromatic N) is 2. The largest absolute Gasteiger partial charge is 0.319 e. The number of hydrogen-bond acceptors (Lipinski definition) is 2. The van der Waals surface area contributed by atoms with Gasteiger partial charge in [0.05, 0.1) is 5.69 Å². The van der Waals surface area contributed by atoms with E-state index in [1.807, 2.05) is 7.05 Å². The highest BCUT2D eigenvalue weighted by Gasteiger charge is 2.32. The van der Waals surface area contributed by atoms with E-state index in [9.17, 15) is 0 Å². The molecule has 0 bridgehead atoms. The number of imidazole rings is 1. The van der Waals surface area contributed by atoms with E-state index in [1.54, 1.807) is 0 Å². The molecule has 0 aromatic carbocycles. The van der Waals surface area contributed by atoms with E-state index in [0.717, 1.165) is 24.7 Å². The Morgan fingerprint density at radius 1 is 1.44 bits per heavy atom. The molecule has 1 unspecified atom stereocenters. The summed E-state index contributed by atoms with van der Waals surface area (Å²) in [6.07, 6.45) is 4.86. The lowest BCUT2D eigenvalue weighted by molar-refractivity contribution is 0.356. The average Bonchev–Trinajstić information content (AvgIpc) is 3.07. The quantitative estimate of drug-likeness (QED) is 0.877. The summed E-state index contributed by atoms with van der Waals surface area (Å²) in [5, 5.41) is 4.17. The Balaban J connectivity index is 1.85. The van der Waals surface area contributed by atoms with Gasteiger partial charge in [0.1, 0.15) is 11.0 Å². The van der Waals surface area contributed by atoms with Crippen molar-refractivity contribution in [3.63, 3.8) is 0 Å². The molecule has 0 saturated heterocycles. The second-order valence-corrected chi connectivity index (χ2v) is 5.41. The fourth-order valence-electron chi connectivity index (χ4n) is 2.63. The number of rotatable bonds is 3. The smallest absolute Gasteiger partial charge is 0.132 e. The first-order valence-corrected chi connectivity index (χ1v) is 6.56. The number of aryl methyl sites for hydroxylation is 1. The Hall–Kier alpha value is -0.540. The van der Waals surface area contributed by atoms with Gasteiger partial charge in [0, 0.05) is 18.9 Å². The van der Waals surface area contributed by atoms with E-state index < -0.39 is 0 Å². The molecule has 16 heavy (non-hydrogen) atoms. The molecule has 1 aliphatic carbocycles. The second kappa shape index (κ2) is 4.04. The van der Waals surface area contributed by atoms with Gasteiger partial charge in [0.15, 0.2) is 0 Å². The van der Waals surface area contributed by atoms with Crippen molar-refractivity contribution in [3.05, 3.63) is 16.7 Å². The third-order valence-electron chi connectivity index (χ3n) is 3.68. The van der Waals surface area contributed by atoms with Crippen LogP contribution in [0.15, 0.2) is 0 Å². The summed E-state index contributed by atoms with van der Waals surface area (Å²) in [5.74, 6) is 2.57. The summed E-state index contributed by atoms with van der Waals surface area (Å²) in [7, 11) is 2.01. The molecule has 3 nitrogen and oxygen atoms in total. The van der Waals surface area contributed by atoms with Gasteiger partial charge >= 0.3 is 0 Å². The van der Waals surface area contributed by atoms with Gasteiger partial charge < -0.3 is 9.88 Å². The van der Waals surface area contributed by atoms with Gasteiger partial charge in [0.2, 0.25) is 0 Å². The Morgan fingerprint density at radius 3 is 2.94 bits per heavy atom. The van der Waals surface area contributed by atoms with Crippen LogP contribution >= 0.6 is 11.6 Å². The highest BCUT2D eigenvalue weighted by molar-refractivity contribution is 6.30. The van der Waals surface area contributed by atoms with Crippen LogP contribution in [-0.2, 0) is 13.0 Å². The van der Waals surface area contributed by atoms with Crippen LogP contribution in [0.5, 0.6) is 0 Å². The van der Waals surface area contributed by atoms with E-state index in [-0.39, 0.29) is 0 Å². The van der Waals surface area contributed by atoms with Gasteiger partial charge in [-0.05, 0) is 38.8 Å². The van der Waals surface area contributed by atoms with Crippen LogP contribution in [0.25, 0.3) is 0 Å². The maximum Gasteiger partial charge on any atom is 0.132 e. The lowest BCUT2D eigenvalue weighted by atomic mass is 10.00. The maximum absolute atomic E-state index is 6.42. The molecule has 1 atom stereocenters. The first-order valence-electron chi connectivity index (χ1n) is 6.19. The summed E-state index contributed by atoms with van der Waals surface area (Å²) in [6.45, 7) is 2.11. The van der Waals surface area contributed by atoms with Crippen LogP contribution in [-0.4, -0.2) is 23.1 Å². The molecule has 3 rings (SSSR count). The second-order valence-electron chi connectivity index (χ2n) is 5.05. The molecule has 2 aliphatic rings. The van der Waals surface area contributed by atoms with Gasteiger partial charge in [-0.15, -0.1) is 0 Å². The van der Waals surface area contributed by atoms with Gasteiger partial charge in [-0.3, -0.25) is 0 Å². The third kappa shape index (κ3) is 1.76. The summed E-state index contributed by atoms with van der Waals surface area (Å²) in [4.78, 5) is 4.72. The molecule has 1 aromatic heterocycles. The SMILES string of the molecule is CNCC1CCc2nc(C3CC3)c(Cl)n2C1. The van der Waals surface area contributed by atoms with Crippen LogP contribution < -0.4 is 5.32 Å². The number of fused-ring (bicyclic) bond motifs is 1. The van der Waals surface area contributed by atoms with Crippen molar-refractivity contribution < 1.29 is 0 Å². The van der Waals surface area contributed by atoms with Crippen molar-refractivity contribution in [2.24, 2.45) is 5.92 Å². The Bertz CT molecular complexity index is 395. The minimum absolute atomic E-state index is 0.661. The van der Waals surface area contributed by atoms with E-state index in [4.69, 9.17) is 16.6 Å². The van der Waals surface area contributed by atoms with E-state index >= 15 is 0 Å². The monoisotopic (exact) mass is 239 g/mol. The zero-order chi connectivity index (χ0) is 11.1. The fourth-order valence-corrected chi connectivity index (χ4v) is 2.99. The van der Waals surface area contributed by atoms with E-state index in [2.05, 4.69) is 9.88 Å². The number of aromatic nitrogens is 2. The number of halogens is 1. The van der Waals surface area contributed by atoms with Crippen LogP contribution in [0.2, 0.25) is 5.15 Å². The molecule has 88 valence electrons. The highest BCUT2D eigenvalue weighted by Crippen LogP contribution is 2.43. The zero-order valence-corrected chi connectivity index (χ0v) is 10.4. The Labute approximate surface area is 101 Å². The predicted octanol–water partition coefficient (Wildman–Crippen LogP) is 2.20. The number of hydrogen-bond donors (Lipinski definition) is 1. The third-order valence-corrected chi connectivity index (χ3v) is 4.08. The van der Waals surface area contributed by atoms with Crippen molar-refractivity contribution in [1.82, 2.24) is 14.9 Å². The molecule has 0 spiro atoms. The molecule has 1 saturated carbocycles. The van der Waals surface area contributed by atoms with Gasteiger partial charge in [-0.25, -0.2) is 4.98 Å². The average molecular weight is 240 g/mol. The first kappa shape index (κ1) is 10.6. The lowest BCUT2D eigenvalue weighted by Crippen LogP contribution is -2.28. The zero-order valence-electron chi connectivity index (χ0n) is 9.67. The molecule has 1 aromatic rings. The van der Waals surface area contributed by atoms with E-state index in [1.165, 1.54) is 30.8 Å². The van der Waals surface area contributed by atoms with Crippen molar-refractivity contribution in [2.75, 3.05) is 13.6 Å². The Kier molecular flexibility index (Phi) is 2.68. The molecule has 2 heterocycles. The van der Waals surface area contributed by atoms with Gasteiger partial charge in [-0.1, -0.05) is 11.6 Å². The van der Waals surface area contributed by atoms with E-state index in [0.29, 0.717) is 11.8 Å². The normalized spacial score (nSPS) is 24.5. The topological polar surface area (TPSA) is 29.9 Å². The Morgan fingerprint density at radius 2 is 2.25 bits per heavy atom. The molecule has 0 amide bonds. The summed E-state index contributed by atoms with van der Waals surface area (Å²) >= 11 is 6.42. The van der Waals surface area contributed by atoms with Crippen molar-refractivity contribution in [2.45, 2.75) is 38.1 Å². The summed E-state index contributed by atoms with van der Waals surface area (Å²) in [6, 6.07) is 0. The molecular weight excluding hydrogens is 222 g/mol. The van der Waals surface area contributed by atoms with Crippen LogP contribution in [0, 0.1) is 5.92 Å². The van der Waals surface area contributed by atoms with Crippen molar-refractivity contribution >= 4 is 11.6 Å². The van der Waals surface area contributed by atoms with Crippen LogP contribution in [0.1, 0.15) is 36.7 Å². The standard InChI is InChI=1S/C12H18ClN3/c1-14-6-8-2-5-10-15-11(9-3-4-9)12(13)16(10)7-8/h8-9,14H,2-7H2,1H3.